The van der Waals surface area contributed by atoms with Crippen LogP contribution in [0.2, 0.25) is 0 Å². The van der Waals surface area contributed by atoms with Gasteiger partial charge in [0, 0.05) is 25.1 Å². The average molecular weight is 341 g/mol. The van der Waals surface area contributed by atoms with Crippen molar-refractivity contribution in [2.45, 2.75) is 38.2 Å². The van der Waals surface area contributed by atoms with Crippen molar-refractivity contribution in [1.82, 2.24) is 10.4 Å². The van der Waals surface area contributed by atoms with Gasteiger partial charge in [-0.2, -0.15) is 13.2 Å². The maximum absolute atomic E-state index is 12.5. The molecule has 1 unspecified atom stereocenters. The van der Waals surface area contributed by atoms with Crippen LogP contribution in [-0.4, -0.2) is 36.1 Å². The van der Waals surface area contributed by atoms with Gasteiger partial charge >= 0.3 is 6.18 Å². The van der Waals surface area contributed by atoms with Crippen molar-refractivity contribution in [3.05, 3.63) is 35.4 Å². The first-order valence-electron chi connectivity index (χ1n) is 7.75. The lowest BCUT2D eigenvalue weighted by Crippen LogP contribution is -2.35. The van der Waals surface area contributed by atoms with Gasteiger partial charge in [0.05, 0.1) is 0 Å². The number of nitrogens with one attached hydrogen (secondary N) is 1. The van der Waals surface area contributed by atoms with E-state index < -0.39 is 12.4 Å². The molecule has 8 heteroatoms. The van der Waals surface area contributed by atoms with Crippen LogP contribution in [0, 0.1) is 5.92 Å². The quantitative estimate of drug-likeness (QED) is 0.916. The number of nitrogens with zero attached hydrogens (tertiary/aromatic N) is 2. The van der Waals surface area contributed by atoms with Crippen molar-refractivity contribution in [2.75, 3.05) is 7.05 Å². The molecule has 24 heavy (non-hydrogen) atoms. The third-order valence-electron chi connectivity index (χ3n) is 4.27. The van der Waals surface area contributed by atoms with E-state index in [1.807, 2.05) is 0 Å². The van der Waals surface area contributed by atoms with Gasteiger partial charge in [0.2, 0.25) is 5.91 Å². The molecule has 1 aliphatic carbocycles. The summed E-state index contributed by atoms with van der Waals surface area (Å²) in [7, 11) is 1.76. The number of rotatable bonds is 4. The summed E-state index contributed by atoms with van der Waals surface area (Å²) >= 11 is 0. The SMILES string of the molecule is CN(Cc1ccc(C2=NC(C(F)(F)F)ON2)cc1)C(=O)C1CCC1. The smallest absolute Gasteiger partial charge is 0.341 e. The Morgan fingerprint density at radius 3 is 2.50 bits per heavy atom. The van der Waals surface area contributed by atoms with E-state index in [9.17, 15) is 18.0 Å². The molecule has 1 saturated carbocycles. The second-order valence-electron chi connectivity index (χ2n) is 6.11. The number of halogens is 3. The lowest BCUT2D eigenvalue weighted by Gasteiger charge is -2.29. The van der Waals surface area contributed by atoms with Crippen molar-refractivity contribution >= 4 is 11.7 Å². The summed E-state index contributed by atoms with van der Waals surface area (Å²) in [6, 6.07) is 6.85. The summed E-state index contributed by atoms with van der Waals surface area (Å²) < 4.78 is 37.6. The maximum Gasteiger partial charge on any atom is 0.437 e. The number of carbonyl (C=O) groups excluding carboxylic acids is 1. The number of amidine groups is 1. The predicted molar refractivity (Wildman–Crippen MR) is 80.9 cm³/mol. The van der Waals surface area contributed by atoms with Gasteiger partial charge in [0.15, 0.2) is 5.84 Å². The molecule has 1 aromatic rings. The summed E-state index contributed by atoms with van der Waals surface area (Å²) in [4.78, 5) is 21.7. The molecule has 2 aliphatic rings. The van der Waals surface area contributed by atoms with Gasteiger partial charge in [-0.1, -0.05) is 30.7 Å². The van der Waals surface area contributed by atoms with Crippen LogP contribution in [0.25, 0.3) is 0 Å². The van der Waals surface area contributed by atoms with E-state index in [1.54, 1.807) is 36.2 Å². The fourth-order valence-electron chi connectivity index (χ4n) is 2.64. The molecular weight excluding hydrogens is 323 g/mol. The minimum Gasteiger partial charge on any atom is -0.341 e. The minimum absolute atomic E-state index is 0.0442. The van der Waals surface area contributed by atoms with Gasteiger partial charge in [-0.05, 0) is 18.4 Å². The van der Waals surface area contributed by atoms with E-state index >= 15 is 0 Å². The molecule has 1 aromatic carbocycles. The Labute approximate surface area is 137 Å². The Morgan fingerprint density at radius 2 is 2.00 bits per heavy atom. The number of amides is 1. The van der Waals surface area contributed by atoms with E-state index in [0.29, 0.717) is 12.1 Å². The topological polar surface area (TPSA) is 53.9 Å². The van der Waals surface area contributed by atoms with E-state index in [2.05, 4.69) is 15.3 Å². The molecule has 0 spiro atoms. The zero-order valence-corrected chi connectivity index (χ0v) is 13.1. The molecular formula is C16H18F3N3O2. The van der Waals surface area contributed by atoms with Crippen LogP contribution < -0.4 is 5.48 Å². The number of alkyl halides is 3. The fourth-order valence-corrected chi connectivity index (χ4v) is 2.64. The Morgan fingerprint density at radius 1 is 1.33 bits per heavy atom. The van der Waals surface area contributed by atoms with Gasteiger partial charge in [0.1, 0.15) is 0 Å². The van der Waals surface area contributed by atoms with Crippen molar-refractivity contribution in [2.24, 2.45) is 10.9 Å². The van der Waals surface area contributed by atoms with Crippen LogP contribution in [0.1, 0.15) is 30.4 Å². The van der Waals surface area contributed by atoms with Crippen LogP contribution in [-0.2, 0) is 16.2 Å². The van der Waals surface area contributed by atoms with Crippen molar-refractivity contribution in [1.29, 1.82) is 0 Å². The lowest BCUT2D eigenvalue weighted by molar-refractivity contribution is -0.220. The van der Waals surface area contributed by atoms with Gasteiger partial charge in [-0.15, -0.1) is 0 Å². The first-order valence-corrected chi connectivity index (χ1v) is 7.75. The predicted octanol–water partition coefficient (Wildman–Crippen LogP) is 2.61. The van der Waals surface area contributed by atoms with Crippen molar-refractivity contribution in [3.63, 3.8) is 0 Å². The highest BCUT2D eigenvalue weighted by atomic mass is 19.4. The summed E-state index contributed by atoms with van der Waals surface area (Å²) in [5, 5.41) is 0. The first-order chi connectivity index (χ1) is 11.3. The fraction of sp³-hybridized carbons (Fsp3) is 0.500. The molecule has 0 saturated heterocycles. The van der Waals surface area contributed by atoms with Crippen molar-refractivity contribution < 1.29 is 22.8 Å². The number of benzene rings is 1. The Hall–Kier alpha value is -2.09. The normalized spacial score (nSPS) is 21.0. The third-order valence-corrected chi connectivity index (χ3v) is 4.27. The Balaban J connectivity index is 1.62. The molecule has 1 fully saturated rings. The highest BCUT2D eigenvalue weighted by Crippen LogP contribution is 2.28. The third kappa shape index (κ3) is 3.53. The first kappa shape index (κ1) is 16.8. The van der Waals surface area contributed by atoms with Crippen LogP contribution in [0.5, 0.6) is 0 Å². The van der Waals surface area contributed by atoms with Gasteiger partial charge in [-0.3, -0.25) is 4.79 Å². The minimum atomic E-state index is -4.54. The lowest BCUT2D eigenvalue weighted by atomic mass is 9.84. The second kappa shape index (κ2) is 6.43. The van der Waals surface area contributed by atoms with Gasteiger partial charge < -0.3 is 4.90 Å². The molecule has 1 amide bonds. The molecule has 0 aromatic heterocycles. The summed E-state index contributed by atoms with van der Waals surface area (Å²) in [6.45, 7) is 0.469. The number of carbonyl (C=O) groups is 1. The van der Waals surface area contributed by atoms with Gasteiger partial charge in [-0.25, -0.2) is 15.3 Å². The molecule has 1 heterocycles. The molecule has 5 nitrogen and oxygen atoms in total. The van der Waals surface area contributed by atoms with Crippen LogP contribution in [0.3, 0.4) is 0 Å². The molecule has 1 aliphatic heterocycles. The number of hydrogen-bond donors (Lipinski definition) is 1. The second-order valence-corrected chi connectivity index (χ2v) is 6.11. The largest absolute Gasteiger partial charge is 0.437 e. The van der Waals surface area contributed by atoms with Crippen LogP contribution in [0.15, 0.2) is 29.3 Å². The summed E-state index contributed by atoms with van der Waals surface area (Å²) in [5.74, 6) is 0.333. The van der Waals surface area contributed by atoms with E-state index in [1.165, 1.54) is 0 Å². The molecule has 0 bridgehead atoms. The van der Waals surface area contributed by atoms with Crippen LogP contribution >= 0.6 is 0 Å². The Kier molecular flexibility index (Phi) is 4.49. The van der Waals surface area contributed by atoms with Crippen LogP contribution in [0.4, 0.5) is 13.2 Å². The highest BCUT2D eigenvalue weighted by Gasteiger charge is 2.44. The molecule has 130 valence electrons. The van der Waals surface area contributed by atoms with E-state index in [4.69, 9.17) is 0 Å². The summed E-state index contributed by atoms with van der Waals surface area (Å²) in [5.41, 5.74) is 3.61. The zero-order valence-electron chi connectivity index (χ0n) is 13.1. The molecule has 1 atom stereocenters. The number of hydroxylamine groups is 1. The van der Waals surface area contributed by atoms with E-state index in [-0.39, 0.29) is 17.7 Å². The zero-order chi connectivity index (χ0) is 17.3. The molecule has 0 radical (unpaired) electrons. The number of aliphatic imine (C=N–C) groups is 1. The highest BCUT2D eigenvalue weighted by molar-refractivity contribution is 5.98. The van der Waals surface area contributed by atoms with Gasteiger partial charge in [0.25, 0.3) is 6.23 Å². The standard InChI is InChI=1S/C16H18F3N3O2/c1-22(14(23)12-3-2-4-12)9-10-5-7-11(8-6-10)13-20-15(24-21-13)16(17,18)19/h5-8,12,15H,2-4,9H2,1H3,(H,20,21). The summed E-state index contributed by atoms with van der Waals surface area (Å²) in [6.07, 6.45) is -3.71. The molecule has 3 rings (SSSR count). The monoisotopic (exact) mass is 341 g/mol. The molecule has 1 N–H and O–H groups in total. The van der Waals surface area contributed by atoms with E-state index in [0.717, 1.165) is 24.8 Å². The maximum atomic E-state index is 12.5. The number of hydrogen-bond acceptors (Lipinski definition) is 4. The Bertz CT molecular complexity index is 639. The van der Waals surface area contributed by atoms with Crippen molar-refractivity contribution in [3.8, 4) is 0 Å². The average Bonchev–Trinajstić information content (AvgIpc) is 2.96.